The van der Waals surface area contributed by atoms with E-state index in [1.807, 2.05) is 0 Å². The number of carbonyl (C=O) groups excluding carboxylic acids is 1. The molecular weight excluding hydrogens is 289 g/mol. The van der Waals surface area contributed by atoms with Crippen molar-refractivity contribution < 1.29 is 26.7 Å². The van der Waals surface area contributed by atoms with E-state index in [1.165, 1.54) is 11.3 Å². The second-order valence-corrected chi connectivity index (χ2v) is 5.15. The van der Waals surface area contributed by atoms with Crippen LogP contribution in [-0.4, -0.2) is 28.9 Å². The van der Waals surface area contributed by atoms with Crippen LogP contribution in [-0.2, 0) is 11.3 Å². The van der Waals surface area contributed by atoms with E-state index in [-0.39, 0.29) is 6.54 Å². The van der Waals surface area contributed by atoms with E-state index in [1.54, 1.807) is 16.8 Å². The van der Waals surface area contributed by atoms with Crippen LogP contribution >= 0.6 is 11.3 Å². The highest BCUT2D eigenvalue weighted by Crippen LogP contribution is 2.40. The van der Waals surface area contributed by atoms with E-state index in [2.05, 4.69) is 0 Å². The molecule has 0 aromatic carbocycles. The van der Waals surface area contributed by atoms with Crippen molar-refractivity contribution in [2.45, 2.75) is 37.5 Å². The molecule has 2 nitrogen and oxygen atoms in total. The minimum atomic E-state index is -5.86. The van der Waals surface area contributed by atoms with Crippen LogP contribution < -0.4 is 0 Å². The molecule has 106 valence electrons. The Morgan fingerprint density at radius 3 is 2.37 bits per heavy atom. The van der Waals surface area contributed by atoms with Gasteiger partial charge in [-0.3, -0.25) is 4.79 Å². The second-order valence-electron chi connectivity index (χ2n) is 4.37. The number of hydrogen-bond donors (Lipinski definition) is 0. The van der Waals surface area contributed by atoms with Crippen LogP contribution in [0.3, 0.4) is 0 Å². The highest BCUT2D eigenvalue weighted by Gasteiger charge is 2.65. The summed E-state index contributed by atoms with van der Waals surface area (Å²) in [6.07, 6.45) is -4.93. The lowest BCUT2D eigenvalue weighted by Crippen LogP contribution is -2.52. The van der Waals surface area contributed by atoms with Crippen molar-refractivity contribution in [2.75, 3.05) is 0 Å². The molecule has 0 atom stereocenters. The summed E-state index contributed by atoms with van der Waals surface area (Å²) < 4.78 is 62.8. The summed E-state index contributed by atoms with van der Waals surface area (Å²) in [6, 6.07) is 1.08. The number of amides is 1. The molecule has 1 aliphatic rings. The second kappa shape index (κ2) is 4.73. The molecule has 0 aliphatic heterocycles. The van der Waals surface area contributed by atoms with Gasteiger partial charge in [0.15, 0.2) is 0 Å². The lowest BCUT2D eigenvalue weighted by atomic mass is 10.2. The predicted molar refractivity (Wildman–Crippen MR) is 58.9 cm³/mol. The number of carbonyl (C=O) groups is 1. The Kier molecular flexibility index (Phi) is 3.55. The monoisotopic (exact) mass is 299 g/mol. The van der Waals surface area contributed by atoms with Crippen molar-refractivity contribution in [3.8, 4) is 0 Å². The quantitative estimate of drug-likeness (QED) is 0.780. The molecule has 19 heavy (non-hydrogen) atoms. The summed E-state index contributed by atoms with van der Waals surface area (Å²) in [6.45, 7) is -0.210. The van der Waals surface area contributed by atoms with Gasteiger partial charge in [0, 0.05) is 12.6 Å². The predicted octanol–water partition coefficient (Wildman–Crippen LogP) is 3.44. The fraction of sp³-hybridized carbons (Fsp3) is 0.545. The first-order chi connectivity index (χ1) is 8.73. The summed E-state index contributed by atoms with van der Waals surface area (Å²) in [5.41, 5.74) is 0.559. The summed E-state index contributed by atoms with van der Waals surface area (Å²) in [5.74, 6) is -7.49. The summed E-state index contributed by atoms with van der Waals surface area (Å²) in [5, 5.41) is 3.29. The van der Waals surface area contributed by atoms with Crippen LogP contribution in [0.4, 0.5) is 22.0 Å². The maximum atomic E-state index is 13.1. The van der Waals surface area contributed by atoms with E-state index in [0.29, 0.717) is 23.3 Å². The number of rotatable bonds is 4. The van der Waals surface area contributed by atoms with Crippen molar-refractivity contribution >= 4 is 17.2 Å². The normalized spacial score (nSPS) is 16.5. The van der Waals surface area contributed by atoms with E-state index in [9.17, 15) is 26.7 Å². The molecule has 0 bridgehead atoms. The van der Waals surface area contributed by atoms with Gasteiger partial charge in [-0.2, -0.15) is 33.3 Å². The van der Waals surface area contributed by atoms with E-state index in [0.717, 1.165) is 0 Å². The fourth-order valence-corrected chi connectivity index (χ4v) is 2.29. The fourth-order valence-electron chi connectivity index (χ4n) is 1.63. The Morgan fingerprint density at radius 1 is 1.32 bits per heavy atom. The highest BCUT2D eigenvalue weighted by atomic mass is 32.1. The molecule has 1 fully saturated rings. The van der Waals surface area contributed by atoms with Gasteiger partial charge in [-0.1, -0.05) is 0 Å². The third kappa shape index (κ3) is 2.88. The number of alkyl halides is 5. The molecule has 1 saturated carbocycles. The molecule has 1 amide bonds. The van der Waals surface area contributed by atoms with Crippen molar-refractivity contribution in [1.29, 1.82) is 0 Å². The Labute approximate surface area is 109 Å². The first-order valence-corrected chi connectivity index (χ1v) is 6.44. The molecule has 0 radical (unpaired) electrons. The van der Waals surface area contributed by atoms with Gasteiger partial charge in [-0.25, -0.2) is 0 Å². The van der Waals surface area contributed by atoms with Crippen molar-refractivity contribution in [3.63, 3.8) is 0 Å². The van der Waals surface area contributed by atoms with Crippen molar-refractivity contribution in [3.05, 3.63) is 22.4 Å². The molecule has 2 rings (SSSR count). The molecule has 0 unspecified atom stereocenters. The number of halogens is 5. The first-order valence-electron chi connectivity index (χ1n) is 5.50. The Morgan fingerprint density at radius 2 is 1.95 bits per heavy atom. The largest absolute Gasteiger partial charge is 0.463 e. The lowest BCUT2D eigenvalue weighted by molar-refractivity contribution is -0.275. The molecule has 0 saturated heterocycles. The van der Waals surface area contributed by atoms with Crippen LogP contribution in [0, 0.1) is 0 Å². The maximum absolute atomic E-state index is 13.1. The van der Waals surface area contributed by atoms with Crippen LogP contribution in [0.15, 0.2) is 16.8 Å². The molecule has 1 aromatic rings. The number of nitrogens with zero attached hydrogens (tertiary/aromatic N) is 1. The van der Waals surface area contributed by atoms with E-state index in [4.69, 9.17) is 0 Å². The number of thiophene rings is 1. The Bertz CT molecular complexity index is 452. The standard InChI is InChI=1S/C11H10F5NOS/c12-10(13,11(14,15)16)9(18)17(8-1-2-8)5-7-3-4-19-6-7/h3-4,6,8H,1-2,5H2. The van der Waals surface area contributed by atoms with Gasteiger partial charge in [-0.15, -0.1) is 0 Å². The summed E-state index contributed by atoms with van der Waals surface area (Å²) >= 11 is 1.29. The molecule has 0 N–H and O–H groups in total. The minimum Gasteiger partial charge on any atom is -0.330 e. The van der Waals surface area contributed by atoms with E-state index >= 15 is 0 Å². The van der Waals surface area contributed by atoms with Gasteiger partial charge in [0.1, 0.15) is 0 Å². The molecule has 8 heteroatoms. The van der Waals surface area contributed by atoms with E-state index < -0.39 is 24.0 Å². The van der Waals surface area contributed by atoms with Gasteiger partial charge < -0.3 is 4.90 Å². The zero-order valence-electron chi connectivity index (χ0n) is 9.58. The summed E-state index contributed by atoms with van der Waals surface area (Å²) in [4.78, 5) is 12.1. The average molecular weight is 299 g/mol. The van der Waals surface area contributed by atoms with Crippen LogP contribution in [0.5, 0.6) is 0 Å². The van der Waals surface area contributed by atoms with Gasteiger partial charge in [-0.05, 0) is 35.2 Å². The summed E-state index contributed by atoms with van der Waals surface area (Å²) in [7, 11) is 0. The number of hydrogen-bond acceptors (Lipinski definition) is 2. The Hall–Kier alpha value is -1.18. The maximum Gasteiger partial charge on any atom is 0.463 e. The lowest BCUT2D eigenvalue weighted by Gasteiger charge is -2.27. The zero-order chi connectivity index (χ0) is 14.3. The van der Waals surface area contributed by atoms with Crippen LogP contribution in [0.1, 0.15) is 18.4 Å². The Balaban J connectivity index is 2.18. The van der Waals surface area contributed by atoms with Gasteiger partial charge in [0.25, 0.3) is 0 Å². The molecule has 1 aromatic heterocycles. The molecule has 0 spiro atoms. The smallest absolute Gasteiger partial charge is 0.330 e. The van der Waals surface area contributed by atoms with Crippen molar-refractivity contribution in [1.82, 2.24) is 4.90 Å². The van der Waals surface area contributed by atoms with Gasteiger partial charge in [0.2, 0.25) is 0 Å². The van der Waals surface area contributed by atoms with Gasteiger partial charge in [0.05, 0.1) is 0 Å². The van der Waals surface area contributed by atoms with Crippen molar-refractivity contribution in [2.24, 2.45) is 0 Å². The van der Waals surface area contributed by atoms with Gasteiger partial charge >= 0.3 is 18.0 Å². The third-order valence-electron chi connectivity index (χ3n) is 2.81. The molecule has 1 heterocycles. The average Bonchev–Trinajstić information content (AvgIpc) is 3.01. The first kappa shape index (κ1) is 14.2. The SMILES string of the molecule is O=C(N(Cc1ccsc1)C1CC1)C(F)(F)C(F)(F)F. The zero-order valence-corrected chi connectivity index (χ0v) is 10.4. The minimum absolute atomic E-state index is 0.210. The topological polar surface area (TPSA) is 20.3 Å². The molecular formula is C11H10F5NOS. The highest BCUT2D eigenvalue weighted by molar-refractivity contribution is 7.07. The van der Waals surface area contributed by atoms with Crippen LogP contribution in [0.2, 0.25) is 0 Å². The third-order valence-corrected chi connectivity index (χ3v) is 3.54. The van der Waals surface area contributed by atoms with Crippen LogP contribution in [0.25, 0.3) is 0 Å². The molecule has 1 aliphatic carbocycles.